The third kappa shape index (κ3) is 2.89. The molecule has 82 valence electrons. The van der Waals surface area contributed by atoms with E-state index in [9.17, 15) is 13.2 Å². The van der Waals surface area contributed by atoms with Gasteiger partial charge >= 0.3 is 4.87 Å². The second kappa shape index (κ2) is 4.57. The highest BCUT2D eigenvalue weighted by molar-refractivity contribution is 7.91. The highest BCUT2D eigenvalue weighted by Gasteiger charge is 2.19. The first-order chi connectivity index (χ1) is 6.97. The Kier molecular flexibility index (Phi) is 3.62. The van der Waals surface area contributed by atoms with Crippen LogP contribution in [-0.4, -0.2) is 19.9 Å². The van der Waals surface area contributed by atoms with Crippen LogP contribution in [0.4, 0.5) is 0 Å². The van der Waals surface area contributed by atoms with Crippen LogP contribution in [0, 0.1) is 18.3 Å². The number of hydrogen-bond donors (Lipinski definition) is 2. The fourth-order valence-corrected chi connectivity index (χ4v) is 3.33. The molecule has 0 unspecified atom stereocenters. The molecule has 1 aromatic heterocycles. The quantitative estimate of drug-likeness (QED) is 0.727. The van der Waals surface area contributed by atoms with Gasteiger partial charge in [0.25, 0.3) is 10.0 Å². The van der Waals surface area contributed by atoms with Crippen LogP contribution < -0.4 is 9.60 Å². The molecule has 0 radical (unpaired) electrons. The number of rotatable bonds is 4. The van der Waals surface area contributed by atoms with Crippen molar-refractivity contribution in [3.63, 3.8) is 0 Å². The molecule has 0 atom stereocenters. The van der Waals surface area contributed by atoms with Crippen LogP contribution in [0.25, 0.3) is 0 Å². The number of nitrogens with zero attached hydrogens (tertiary/aromatic N) is 1. The van der Waals surface area contributed by atoms with Gasteiger partial charge in [0.1, 0.15) is 0 Å². The molecule has 1 rings (SSSR count). The Hall–Kier alpha value is -1.17. The molecular formula is C7H9N3O3S2. The highest BCUT2D eigenvalue weighted by Crippen LogP contribution is 2.14. The summed E-state index contributed by atoms with van der Waals surface area (Å²) >= 11 is 0.635. The number of nitrogens with one attached hydrogen (secondary N) is 2. The van der Waals surface area contributed by atoms with E-state index in [1.54, 1.807) is 0 Å². The fraction of sp³-hybridized carbons (Fsp3) is 0.429. The van der Waals surface area contributed by atoms with Crippen molar-refractivity contribution < 1.29 is 8.42 Å². The zero-order valence-electron chi connectivity index (χ0n) is 7.90. The Bertz CT molecular complexity index is 535. The summed E-state index contributed by atoms with van der Waals surface area (Å²) in [4.78, 5) is 12.9. The second-order valence-corrected chi connectivity index (χ2v) is 5.68. The van der Waals surface area contributed by atoms with Crippen molar-refractivity contribution in [3.05, 3.63) is 15.4 Å². The standard InChI is InChI=1S/C7H9N3O3S2/c1-5-6(14-7(11)10-5)15(12,13)9-4-2-3-8/h9H,2,4H2,1H3,(H,10,11). The number of aromatic amines is 1. The molecule has 0 aliphatic rings. The van der Waals surface area contributed by atoms with Gasteiger partial charge in [-0.25, -0.2) is 13.1 Å². The van der Waals surface area contributed by atoms with Gasteiger partial charge in [0.2, 0.25) is 0 Å². The van der Waals surface area contributed by atoms with Crippen LogP contribution in [-0.2, 0) is 10.0 Å². The maximum atomic E-state index is 11.6. The summed E-state index contributed by atoms with van der Waals surface area (Å²) in [5.74, 6) is 0. The van der Waals surface area contributed by atoms with Crippen molar-refractivity contribution in [2.75, 3.05) is 6.54 Å². The van der Waals surface area contributed by atoms with Gasteiger partial charge in [-0.3, -0.25) is 4.79 Å². The van der Waals surface area contributed by atoms with E-state index in [1.807, 2.05) is 6.07 Å². The Morgan fingerprint density at radius 2 is 2.27 bits per heavy atom. The van der Waals surface area contributed by atoms with E-state index in [0.717, 1.165) is 0 Å². The monoisotopic (exact) mass is 247 g/mol. The molecule has 0 aliphatic heterocycles. The van der Waals surface area contributed by atoms with E-state index in [-0.39, 0.29) is 17.2 Å². The van der Waals surface area contributed by atoms with Crippen molar-refractivity contribution in [1.29, 1.82) is 5.26 Å². The second-order valence-electron chi connectivity index (χ2n) is 2.73. The Morgan fingerprint density at radius 3 is 2.73 bits per heavy atom. The van der Waals surface area contributed by atoms with Crippen LogP contribution in [0.3, 0.4) is 0 Å². The summed E-state index contributed by atoms with van der Waals surface area (Å²) in [5.41, 5.74) is 0.314. The molecule has 0 saturated heterocycles. The lowest BCUT2D eigenvalue weighted by Crippen LogP contribution is -2.24. The molecule has 0 amide bonds. The van der Waals surface area contributed by atoms with E-state index in [4.69, 9.17) is 5.26 Å². The van der Waals surface area contributed by atoms with Gasteiger partial charge in [-0.15, -0.1) is 0 Å². The summed E-state index contributed by atoms with van der Waals surface area (Å²) in [5, 5.41) is 8.25. The van der Waals surface area contributed by atoms with Crippen LogP contribution in [0.1, 0.15) is 12.1 Å². The van der Waals surface area contributed by atoms with Gasteiger partial charge in [0.15, 0.2) is 4.21 Å². The Labute approximate surface area is 90.6 Å². The van der Waals surface area contributed by atoms with Crippen molar-refractivity contribution >= 4 is 21.4 Å². The molecule has 8 heteroatoms. The molecule has 0 fully saturated rings. The predicted octanol–water partition coefficient (Wildman–Crippen LogP) is -0.0632. The molecular weight excluding hydrogens is 238 g/mol. The minimum atomic E-state index is -3.66. The summed E-state index contributed by atoms with van der Waals surface area (Å²) < 4.78 is 25.4. The smallest absolute Gasteiger partial charge is 0.305 e. The summed E-state index contributed by atoms with van der Waals surface area (Å²) in [7, 11) is -3.66. The predicted molar refractivity (Wildman–Crippen MR) is 55.1 cm³/mol. The normalized spacial score (nSPS) is 11.2. The largest absolute Gasteiger partial charge is 0.315 e. The van der Waals surface area contributed by atoms with Crippen LogP contribution >= 0.6 is 11.3 Å². The van der Waals surface area contributed by atoms with E-state index < -0.39 is 14.9 Å². The third-order valence-corrected chi connectivity index (χ3v) is 4.62. The van der Waals surface area contributed by atoms with E-state index >= 15 is 0 Å². The van der Waals surface area contributed by atoms with Crippen LogP contribution in [0.2, 0.25) is 0 Å². The van der Waals surface area contributed by atoms with Crippen molar-refractivity contribution in [2.45, 2.75) is 17.6 Å². The lowest BCUT2D eigenvalue weighted by Gasteiger charge is -2.01. The first-order valence-corrected chi connectivity index (χ1v) is 6.33. The average molecular weight is 247 g/mol. The molecule has 15 heavy (non-hydrogen) atoms. The first kappa shape index (κ1) is 11.9. The van der Waals surface area contributed by atoms with Crippen molar-refractivity contribution in [1.82, 2.24) is 9.71 Å². The maximum absolute atomic E-state index is 11.6. The fourth-order valence-electron chi connectivity index (χ4n) is 0.954. The molecule has 0 bridgehead atoms. The molecule has 0 aliphatic carbocycles. The maximum Gasteiger partial charge on any atom is 0.305 e. The molecule has 6 nitrogen and oxygen atoms in total. The zero-order chi connectivity index (χ0) is 11.5. The van der Waals surface area contributed by atoms with Crippen molar-refractivity contribution in [3.8, 4) is 6.07 Å². The number of thiazole rings is 1. The molecule has 2 N–H and O–H groups in total. The minimum Gasteiger partial charge on any atom is -0.315 e. The third-order valence-electron chi connectivity index (χ3n) is 1.55. The highest BCUT2D eigenvalue weighted by atomic mass is 32.2. The van der Waals surface area contributed by atoms with Crippen molar-refractivity contribution in [2.24, 2.45) is 0 Å². The van der Waals surface area contributed by atoms with Gasteiger partial charge in [-0.1, -0.05) is 11.3 Å². The SMILES string of the molecule is Cc1[nH]c(=O)sc1S(=O)(=O)NCCC#N. The number of aromatic nitrogens is 1. The summed E-state index contributed by atoms with van der Waals surface area (Å²) in [6.45, 7) is 1.56. The number of aryl methyl sites for hydroxylation is 1. The lowest BCUT2D eigenvalue weighted by molar-refractivity contribution is 0.583. The number of nitriles is 1. The summed E-state index contributed by atoms with van der Waals surface area (Å²) in [6.07, 6.45) is 0.0948. The van der Waals surface area contributed by atoms with Gasteiger partial charge < -0.3 is 4.98 Å². The molecule has 1 aromatic rings. The molecule has 0 aromatic carbocycles. The topological polar surface area (TPSA) is 103 Å². The van der Waals surface area contributed by atoms with Crippen LogP contribution in [0.15, 0.2) is 9.00 Å². The van der Waals surface area contributed by atoms with Gasteiger partial charge in [0, 0.05) is 18.7 Å². The molecule has 1 heterocycles. The Balaban J connectivity index is 2.92. The lowest BCUT2D eigenvalue weighted by atomic mass is 10.5. The number of sulfonamides is 1. The van der Waals surface area contributed by atoms with Gasteiger partial charge in [-0.2, -0.15) is 5.26 Å². The van der Waals surface area contributed by atoms with E-state index in [0.29, 0.717) is 17.0 Å². The Morgan fingerprint density at radius 1 is 1.60 bits per heavy atom. The van der Waals surface area contributed by atoms with Crippen LogP contribution in [0.5, 0.6) is 0 Å². The zero-order valence-corrected chi connectivity index (χ0v) is 9.54. The van der Waals surface area contributed by atoms with E-state index in [1.165, 1.54) is 6.92 Å². The van der Waals surface area contributed by atoms with Gasteiger partial charge in [-0.05, 0) is 6.92 Å². The van der Waals surface area contributed by atoms with E-state index in [2.05, 4.69) is 9.71 Å². The molecule has 0 spiro atoms. The summed E-state index contributed by atoms with van der Waals surface area (Å²) in [6, 6.07) is 1.82. The molecule has 0 saturated carbocycles. The van der Waals surface area contributed by atoms with Gasteiger partial charge in [0.05, 0.1) is 6.07 Å². The number of hydrogen-bond acceptors (Lipinski definition) is 5. The number of H-pyrrole nitrogens is 1. The average Bonchev–Trinajstić information content (AvgIpc) is 2.46. The minimum absolute atomic E-state index is 0.0227. The first-order valence-electron chi connectivity index (χ1n) is 4.03.